The van der Waals surface area contributed by atoms with E-state index in [9.17, 15) is 4.79 Å². The number of hydrogen-bond acceptors (Lipinski definition) is 4. The van der Waals surface area contributed by atoms with Gasteiger partial charge in [-0.3, -0.25) is 9.89 Å². The van der Waals surface area contributed by atoms with Gasteiger partial charge in [-0.2, -0.15) is 5.10 Å². The number of carbonyl (C=O) groups excluding carboxylic acids is 1. The summed E-state index contributed by atoms with van der Waals surface area (Å²) in [6.07, 6.45) is 2.47. The highest BCUT2D eigenvalue weighted by Crippen LogP contribution is 2.38. The molecule has 2 heterocycles. The fourth-order valence-corrected chi connectivity index (χ4v) is 3.66. The van der Waals surface area contributed by atoms with Gasteiger partial charge >= 0.3 is 0 Å². The number of aromatic nitrogens is 2. The van der Waals surface area contributed by atoms with Crippen molar-refractivity contribution in [2.45, 2.75) is 39.0 Å². The van der Waals surface area contributed by atoms with Crippen LogP contribution in [0.1, 0.15) is 43.9 Å². The summed E-state index contributed by atoms with van der Waals surface area (Å²) < 4.78 is 10.9. The number of ether oxygens (including phenoxy) is 2. The average molecular weight is 391 g/mol. The highest BCUT2D eigenvalue weighted by atomic mass is 16.7. The molecule has 0 radical (unpaired) electrons. The topological polar surface area (TPSA) is 76.2 Å². The second kappa shape index (κ2) is 8.39. The van der Waals surface area contributed by atoms with Gasteiger partial charge in [0.25, 0.3) is 0 Å². The van der Waals surface area contributed by atoms with Crippen molar-refractivity contribution in [3.05, 3.63) is 59.8 Å². The lowest BCUT2D eigenvalue weighted by Gasteiger charge is -2.16. The summed E-state index contributed by atoms with van der Waals surface area (Å²) in [5.74, 6) is 1.17. The van der Waals surface area contributed by atoms with Crippen molar-refractivity contribution < 1.29 is 14.3 Å². The summed E-state index contributed by atoms with van der Waals surface area (Å²) in [4.78, 5) is 13.2. The Hall–Kier alpha value is -3.28. The van der Waals surface area contributed by atoms with E-state index >= 15 is 0 Å². The third kappa shape index (κ3) is 3.83. The molecule has 0 unspecified atom stereocenters. The molecule has 29 heavy (non-hydrogen) atoms. The molecule has 1 aliphatic heterocycles. The van der Waals surface area contributed by atoms with Crippen molar-refractivity contribution in [3.8, 4) is 22.8 Å². The molecule has 0 aliphatic carbocycles. The molecule has 0 fully saturated rings. The minimum Gasteiger partial charge on any atom is -0.454 e. The van der Waals surface area contributed by atoms with Gasteiger partial charge < -0.3 is 14.8 Å². The van der Waals surface area contributed by atoms with E-state index in [4.69, 9.17) is 9.47 Å². The smallest absolute Gasteiger partial charge is 0.232 e. The Bertz CT molecular complexity index is 998. The molecule has 1 atom stereocenters. The van der Waals surface area contributed by atoms with E-state index in [2.05, 4.69) is 22.4 Å². The van der Waals surface area contributed by atoms with Crippen molar-refractivity contribution in [3.63, 3.8) is 0 Å². The van der Waals surface area contributed by atoms with Crippen LogP contribution in [0.25, 0.3) is 11.3 Å². The number of aryl methyl sites for hydroxylation is 1. The Labute approximate surface area is 170 Å². The molecule has 4 rings (SSSR count). The van der Waals surface area contributed by atoms with E-state index in [-0.39, 0.29) is 18.6 Å². The third-order valence-electron chi connectivity index (χ3n) is 5.16. The second-order valence-corrected chi connectivity index (χ2v) is 7.10. The highest BCUT2D eigenvalue weighted by molar-refractivity contribution is 5.99. The zero-order valence-electron chi connectivity index (χ0n) is 16.7. The molecule has 3 aromatic rings. The van der Waals surface area contributed by atoms with Gasteiger partial charge in [0.05, 0.1) is 17.3 Å². The van der Waals surface area contributed by atoms with Crippen LogP contribution in [0, 0.1) is 0 Å². The number of amides is 1. The first-order valence-corrected chi connectivity index (χ1v) is 10.0. The number of anilines is 1. The van der Waals surface area contributed by atoms with Gasteiger partial charge in [0.1, 0.15) is 5.69 Å². The number of H-pyrrole nitrogens is 1. The predicted molar refractivity (Wildman–Crippen MR) is 112 cm³/mol. The number of benzene rings is 2. The maximum absolute atomic E-state index is 13.2. The van der Waals surface area contributed by atoms with Crippen molar-refractivity contribution >= 4 is 11.6 Å². The monoisotopic (exact) mass is 391 g/mol. The standard InChI is InChI=1S/C23H25N3O3/c1-3-8-18-22(24-23(27)17(4-2)15-9-6-5-7-10-15)21(26-25-18)16-11-12-19-20(13-16)29-14-28-19/h5-7,9-13,17H,3-4,8,14H2,1-2H3,(H,24,27)(H,25,26)/t17-/m1/s1. The Morgan fingerprint density at radius 1 is 1.14 bits per heavy atom. The molecule has 0 saturated carbocycles. The normalized spacial score (nSPS) is 13.3. The number of aromatic amines is 1. The molecule has 150 valence electrons. The largest absolute Gasteiger partial charge is 0.454 e. The lowest BCUT2D eigenvalue weighted by molar-refractivity contribution is -0.117. The number of hydrogen-bond donors (Lipinski definition) is 2. The molecule has 0 bridgehead atoms. The minimum atomic E-state index is -0.217. The summed E-state index contributed by atoms with van der Waals surface area (Å²) in [6.45, 7) is 4.35. The molecule has 0 spiro atoms. The van der Waals surface area contributed by atoms with E-state index < -0.39 is 0 Å². The summed E-state index contributed by atoms with van der Waals surface area (Å²) >= 11 is 0. The number of fused-ring (bicyclic) bond motifs is 1. The van der Waals surface area contributed by atoms with Gasteiger partial charge in [0, 0.05) is 5.56 Å². The van der Waals surface area contributed by atoms with Crippen LogP contribution in [0.3, 0.4) is 0 Å². The van der Waals surface area contributed by atoms with Crippen LogP contribution in [0.2, 0.25) is 0 Å². The minimum absolute atomic E-state index is 0.0283. The van der Waals surface area contributed by atoms with Crippen LogP contribution in [0.4, 0.5) is 5.69 Å². The average Bonchev–Trinajstić information content (AvgIpc) is 3.36. The molecule has 1 aromatic heterocycles. The summed E-state index contributed by atoms with van der Waals surface area (Å²) in [6, 6.07) is 15.6. The molecule has 2 aromatic carbocycles. The second-order valence-electron chi connectivity index (χ2n) is 7.10. The van der Waals surface area contributed by atoms with Crippen LogP contribution in [0.15, 0.2) is 48.5 Å². The molecule has 6 heteroatoms. The maximum Gasteiger partial charge on any atom is 0.232 e. The van der Waals surface area contributed by atoms with Crippen LogP contribution < -0.4 is 14.8 Å². The molecule has 0 saturated heterocycles. The summed E-state index contributed by atoms with van der Waals surface area (Å²) in [5, 5.41) is 10.8. The predicted octanol–water partition coefficient (Wildman–Crippen LogP) is 4.89. The van der Waals surface area contributed by atoms with Crippen molar-refractivity contribution in [1.82, 2.24) is 10.2 Å². The van der Waals surface area contributed by atoms with Gasteiger partial charge in [-0.15, -0.1) is 0 Å². The van der Waals surface area contributed by atoms with Crippen LogP contribution >= 0.6 is 0 Å². The van der Waals surface area contributed by atoms with Crippen LogP contribution in [-0.2, 0) is 11.2 Å². The Kier molecular flexibility index (Phi) is 5.51. The zero-order valence-corrected chi connectivity index (χ0v) is 16.7. The molecule has 2 N–H and O–H groups in total. The quantitative estimate of drug-likeness (QED) is 0.601. The molecule has 1 aliphatic rings. The lowest BCUT2D eigenvalue weighted by Crippen LogP contribution is -2.21. The van der Waals surface area contributed by atoms with Gasteiger partial charge in [0.15, 0.2) is 11.5 Å². The Balaban J connectivity index is 1.67. The van der Waals surface area contributed by atoms with E-state index in [1.54, 1.807) is 0 Å². The highest BCUT2D eigenvalue weighted by Gasteiger charge is 2.24. The van der Waals surface area contributed by atoms with E-state index in [1.165, 1.54) is 0 Å². The molecular formula is C23H25N3O3. The van der Waals surface area contributed by atoms with Gasteiger partial charge in [-0.05, 0) is 36.6 Å². The fourth-order valence-electron chi connectivity index (χ4n) is 3.66. The number of rotatable bonds is 7. The van der Waals surface area contributed by atoms with E-state index in [0.717, 1.165) is 47.5 Å². The van der Waals surface area contributed by atoms with E-state index in [0.29, 0.717) is 11.4 Å². The van der Waals surface area contributed by atoms with Crippen LogP contribution in [0.5, 0.6) is 11.5 Å². The zero-order chi connectivity index (χ0) is 20.2. The van der Waals surface area contributed by atoms with Crippen LogP contribution in [-0.4, -0.2) is 22.9 Å². The van der Waals surface area contributed by atoms with Gasteiger partial charge in [0.2, 0.25) is 12.7 Å². The molecule has 6 nitrogen and oxygen atoms in total. The summed E-state index contributed by atoms with van der Waals surface area (Å²) in [7, 11) is 0. The Morgan fingerprint density at radius 2 is 1.93 bits per heavy atom. The van der Waals surface area contributed by atoms with Crippen molar-refractivity contribution in [2.24, 2.45) is 0 Å². The third-order valence-corrected chi connectivity index (χ3v) is 5.16. The van der Waals surface area contributed by atoms with Gasteiger partial charge in [-0.25, -0.2) is 0 Å². The molecular weight excluding hydrogens is 366 g/mol. The Morgan fingerprint density at radius 3 is 2.69 bits per heavy atom. The van der Waals surface area contributed by atoms with Gasteiger partial charge in [-0.1, -0.05) is 50.6 Å². The number of nitrogens with zero attached hydrogens (tertiary/aromatic N) is 1. The summed E-state index contributed by atoms with van der Waals surface area (Å²) in [5.41, 5.74) is 4.26. The number of nitrogens with one attached hydrogen (secondary N) is 2. The molecule has 1 amide bonds. The van der Waals surface area contributed by atoms with Crippen molar-refractivity contribution in [2.75, 3.05) is 12.1 Å². The first-order chi connectivity index (χ1) is 14.2. The maximum atomic E-state index is 13.2. The number of carbonyl (C=O) groups is 1. The first-order valence-electron chi connectivity index (χ1n) is 10.0. The fraction of sp³-hybridized carbons (Fsp3) is 0.304. The van der Waals surface area contributed by atoms with Crippen molar-refractivity contribution in [1.29, 1.82) is 0 Å². The first kappa shape index (κ1) is 19.1. The lowest BCUT2D eigenvalue weighted by atomic mass is 9.95. The SMILES string of the molecule is CCCc1[nH]nc(-c2ccc3c(c2)OCO3)c1NC(=O)[C@H](CC)c1ccccc1. The van der Waals surface area contributed by atoms with E-state index in [1.807, 2.05) is 55.5 Å².